The molecule has 0 bridgehead atoms. The molecule has 1 aliphatic carbocycles. The minimum atomic E-state index is -0.821. The Morgan fingerprint density at radius 2 is 2.00 bits per heavy atom. The minimum Gasteiger partial charge on any atom is -0.481 e. The van der Waals surface area contributed by atoms with E-state index in [-0.39, 0.29) is 29.4 Å². The molecule has 0 radical (unpaired) electrons. The topological polar surface area (TPSA) is 97.5 Å². The highest BCUT2D eigenvalue weighted by Crippen LogP contribution is 2.33. The Hall–Kier alpha value is -2.24. The van der Waals surface area contributed by atoms with E-state index in [0.717, 1.165) is 12.8 Å². The van der Waals surface area contributed by atoms with Crippen LogP contribution in [-0.2, 0) is 4.79 Å². The lowest BCUT2D eigenvalue weighted by molar-refractivity contribution is -0.385. The highest BCUT2D eigenvalue weighted by atomic mass is 16.6. The molecule has 1 saturated carbocycles. The van der Waals surface area contributed by atoms with E-state index in [1.807, 2.05) is 0 Å². The third kappa shape index (κ3) is 3.65. The van der Waals surface area contributed by atoms with Gasteiger partial charge in [0.15, 0.2) is 5.78 Å². The summed E-state index contributed by atoms with van der Waals surface area (Å²) in [5, 5.41) is 20.0. The summed E-state index contributed by atoms with van der Waals surface area (Å²) in [6.07, 6.45) is 2.88. The van der Waals surface area contributed by atoms with Crippen LogP contribution in [0.3, 0.4) is 0 Å². The smallest absolute Gasteiger partial charge is 0.306 e. The second-order valence-corrected chi connectivity index (χ2v) is 5.47. The average molecular weight is 291 g/mol. The summed E-state index contributed by atoms with van der Waals surface area (Å²) >= 11 is 0. The molecule has 6 heteroatoms. The standard InChI is InChI=1S/C15H17NO5/c17-14(12-6-1-2-7-13(12)16(20)21)9-10-4-3-5-11(8-10)15(18)19/h1-2,6-7,10-11H,3-5,8-9H2,(H,18,19). The van der Waals surface area contributed by atoms with Gasteiger partial charge in [-0.3, -0.25) is 19.7 Å². The highest BCUT2D eigenvalue weighted by Gasteiger charge is 2.29. The molecule has 1 N–H and O–H groups in total. The number of Topliss-reactive ketones (excluding diaryl/α,β-unsaturated/α-hetero) is 1. The van der Waals surface area contributed by atoms with E-state index < -0.39 is 16.8 Å². The van der Waals surface area contributed by atoms with Gasteiger partial charge in [0.2, 0.25) is 0 Å². The van der Waals surface area contributed by atoms with Crippen LogP contribution in [0.15, 0.2) is 24.3 Å². The van der Waals surface area contributed by atoms with Crippen molar-refractivity contribution in [2.45, 2.75) is 32.1 Å². The molecule has 0 spiro atoms. The van der Waals surface area contributed by atoms with E-state index in [1.165, 1.54) is 18.2 Å². The van der Waals surface area contributed by atoms with Crippen LogP contribution in [0.25, 0.3) is 0 Å². The van der Waals surface area contributed by atoms with Gasteiger partial charge in [-0.05, 0) is 31.2 Å². The van der Waals surface area contributed by atoms with Gasteiger partial charge in [0.05, 0.1) is 16.4 Å². The first-order valence-electron chi connectivity index (χ1n) is 6.98. The van der Waals surface area contributed by atoms with Gasteiger partial charge in [0, 0.05) is 12.5 Å². The van der Waals surface area contributed by atoms with E-state index in [2.05, 4.69) is 0 Å². The zero-order valence-electron chi connectivity index (χ0n) is 11.5. The maximum absolute atomic E-state index is 12.3. The molecule has 0 aliphatic heterocycles. The van der Waals surface area contributed by atoms with Gasteiger partial charge in [0.25, 0.3) is 5.69 Å². The van der Waals surface area contributed by atoms with Crippen LogP contribution in [0.2, 0.25) is 0 Å². The fourth-order valence-electron chi connectivity index (χ4n) is 2.94. The van der Waals surface area contributed by atoms with Crippen molar-refractivity contribution in [1.82, 2.24) is 0 Å². The van der Waals surface area contributed by atoms with Crippen LogP contribution >= 0.6 is 0 Å². The second-order valence-electron chi connectivity index (χ2n) is 5.47. The largest absolute Gasteiger partial charge is 0.481 e. The van der Waals surface area contributed by atoms with Crippen molar-refractivity contribution in [2.24, 2.45) is 11.8 Å². The van der Waals surface area contributed by atoms with Gasteiger partial charge in [0.1, 0.15) is 0 Å². The lowest BCUT2D eigenvalue weighted by atomic mass is 9.78. The van der Waals surface area contributed by atoms with Crippen LogP contribution in [0.5, 0.6) is 0 Å². The number of carbonyl (C=O) groups excluding carboxylic acids is 1. The summed E-state index contributed by atoms with van der Waals surface area (Å²) in [5.74, 6) is -1.51. The quantitative estimate of drug-likeness (QED) is 0.510. The molecule has 0 amide bonds. The number of rotatable bonds is 5. The molecule has 112 valence electrons. The van der Waals surface area contributed by atoms with Gasteiger partial charge in [-0.2, -0.15) is 0 Å². The molecule has 2 rings (SSSR count). The molecule has 2 atom stereocenters. The van der Waals surface area contributed by atoms with Gasteiger partial charge in [-0.1, -0.05) is 18.6 Å². The molecular weight excluding hydrogens is 274 g/mol. The Morgan fingerprint density at radius 1 is 1.29 bits per heavy atom. The van der Waals surface area contributed by atoms with Crippen molar-refractivity contribution in [2.75, 3.05) is 0 Å². The summed E-state index contributed by atoms with van der Waals surface area (Å²) in [7, 11) is 0. The molecule has 0 saturated heterocycles. The molecule has 1 fully saturated rings. The highest BCUT2D eigenvalue weighted by molar-refractivity contribution is 5.99. The zero-order valence-corrected chi connectivity index (χ0v) is 11.5. The number of nitrogens with zero attached hydrogens (tertiary/aromatic N) is 1. The fourth-order valence-corrected chi connectivity index (χ4v) is 2.94. The predicted octanol–water partition coefficient (Wildman–Crippen LogP) is 3.06. The Bertz CT molecular complexity index is 569. The number of nitro groups is 1. The third-order valence-electron chi connectivity index (χ3n) is 4.01. The van der Waals surface area contributed by atoms with Crippen LogP contribution in [-0.4, -0.2) is 21.8 Å². The van der Waals surface area contributed by atoms with E-state index >= 15 is 0 Å². The molecule has 0 aromatic heterocycles. The summed E-state index contributed by atoms with van der Waals surface area (Å²) < 4.78 is 0. The number of carbonyl (C=O) groups is 2. The molecule has 21 heavy (non-hydrogen) atoms. The van der Waals surface area contributed by atoms with Crippen molar-refractivity contribution < 1.29 is 19.6 Å². The van der Waals surface area contributed by atoms with Crippen molar-refractivity contribution in [1.29, 1.82) is 0 Å². The van der Waals surface area contributed by atoms with Crippen LogP contribution in [0, 0.1) is 22.0 Å². The molecule has 0 heterocycles. The Kier molecular flexibility index (Phi) is 4.67. The number of carboxylic acids is 1. The zero-order chi connectivity index (χ0) is 15.4. The SMILES string of the molecule is O=C(CC1CCCC(C(=O)O)C1)c1ccccc1[N+](=O)[O-]. The lowest BCUT2D eigenvalue weighted by Gasteiger charge is -2.25. The number of aliphatic carboxylic acids is 1. The van der Waals surface area contributed by atoms with E-state index in [0.29, 0.717) is 12.8 Å². The van der Waals surface area contributed by atoms with E-state index in [4.69, 9.17) is 5.11 Å². The summed E-state index contributed by atoms with van der Waals surface area (Å²) in [6.45, 7) is 0. The normalized spacial score (nSPS) is 21.7. The molecule has 6 nitrogen and oxygen atoms in total. The summed E-state index contributed by atoms with van der Waals surface area (Å²) in [5.41, 5.74) is -0.0759. The average Bonchev–Trinajstić information content (AvgIpc) is 2.47. The van der Waals surface area contributed by atoms with E-state index in [1.54, 1.807) is 6.07 Å². The fraction of sp³-hybridized carbons (Fsp3) is 0.467. The number of benzene rings is 1. The predicted molar refractivity (Wildman–Crippen MR) is 75.1 cm³/mol. The molecule has 1 aromatic carbocycles. The van der Waals surface area contributed by atoms with Crippen LogP contribution in [0.4, 0.5) is 5.69 Å². The van der Waals surface area contributed by atoms with Gasteiger partial charge >= 0.3 is 5.97 Å². The Balaban J connectivity index is 2.08. The van der Waals surface area contributed by atoms with Crippen molar-refractivity contribution in [3.05, 3.63) is 39.9 Å². The van der Waals surface area contributed by atoms with Crippen molar-refractivity contribution >= 4 is 17.4 Å². The number of carboxylic acid groups (broad SMARTS) is 1. The first-order valence-corrected chi connectivity index (χ1v) is 6.98. The second kappa shape index (κ2) is 6.47. The van der Waals surface area contributed by atoms with Gasteiger partial charge in [-0.15, -0.1) is 0 Å². The minimum absolute atomic E-state index is 0.00726. The van der Waals surface area contributed by atoms with Crippen LogP contribution in [0.1, 0.15) is 42.5 Å². The number of hydrogen-bond acceptors (Lipinski definition) is 4. The number of para-hydroxylation sites is 1. The maximum atomic E-state index is 12.3. The van der Waals surface area contributed by atoms with Crippen LogP contribution < -0.4 is 0 Å². The summed E-state index contributed by atoms with van der Waals surface area (Å²) in [4.78, 5) is 33.7. The number of hydrogen-bond donors (Lipinski definition) is 1. The number of nitro benzene ring substituents is 1. The monoisotopic (exact) mass is 291 g/mol. The number of ketones is 1. The Labute approximate surface area is 121 Å². The lowest BCUT2D eigenvalue weighted by Crippen LogP contribution is -2.24. The summed E-state index contributed by atoms with van der Waals surface area (Å²) in [6, 6.07) is 5.89. The first kappa shape index (κ1) is 15.2. The molecule has 2 unspecified atom stereocenters. The molecule has 1 aliphatic rings. The third-order valence-corrected chi connectivity index (χ3v) is 4.01. The van der Waals surface area contributed by atoms with Gasteiger partial charge < -0.3 is 5.11 Å². The molecular formula is C15H17NO5. The van der Waals surface area contributed by atoms with E-state index in [9.17, 15) is 19.7 Å². The maximum Gasteiger partial charge on any atom is 0.306 e. The van der Waals surface area contributed by atoms with Gasteiger partial charge in [-0.25, -0.2) is 0 Å². The Morgan fingerprint density at radius 3 is 2.67 bits per heavy atom. The first-order chi connectivity index (χ1) is 9.99. The van der Waals surface area contributed by atoms with Crippen molar-refractivity contribution in [3.8, 4) is 0 Å². The molecule has 1 aromatic rings. The van der Waals surface area contributed by atoms with Crippen molar-refractivity contribution in [3.63, 3.8) is 0 Å².